The summed E-state index contributed by atoms with van der Waals surface area (Å²) in [5, 5.41) is 8.94. The van der Waals surface area contributed by atoms with E-state index in [4.69, 9.17) is 5.11 Å². The van der Waals surface area contributed by atoms with Gasteiger partial charge in [-0.2, -0.15) is 0 Å². The number of hydrogen-bond donors (Lipinski definition) is 1. The molecule has 5 nitrogen and oxygen atoms in total. The first-order chi connectivity index (χ1) is 8.58. The number of aromatic nitrogens is 2. The highest BCUT2D eigenvalue weighted by molar-refractivity contribution is 5.85. The minimum absolute atomic E-state index is 0.0164. The van der Waals surface area contributed by atoms with Crippen LogP contribution in [-0.2, 0) is 0 Å². The quantitative estimate of drug-likeness (QED) is 0.837. The number of aromatic carboxylic acids is 1. The molecule has 1 aliphatic rings. The molecule has 0 aromatic carbocycles. The molecule has 0 bridgehead atoms. The van der Waals surface area contributed by atoms with Crippen LogP contribution < -0.4 is 4.90 Å². The second kappa shape index (κ2) is 5.33. The molecule has 98 valence electrons. The number of hydrogen-bond acceptors (Lipinski definition) is 4. The average Bonchev–Trinajstić information content (AvgIpc) is 3.14. The van der Waals surface area contributed by atoms with Crippen LogP contribution in [0.5, 0.6) is 0 Å². The number of carbonyl (C=O) groups is 1. The van der Waals surface area contributed by atoms with Crippen molar-refractivity contribution in [3.8, 4) is 0 Å². The second-order valence-electron chi connectivity index (χ2n) is 5.17. The van der Waals surface area contributed by atoms with Gasteiger partial charge in [-0.15, -0.1) is 0 Å². The molecule has 0 atom stereocenters. The van der Waals surface area contributed by atoms with Gasteiger partial charge < -0.3 is 10.0 Å². The van der Waals surface area contributed by atoms with E-state index in [-0.39, 0.29) is 5.69 Å². The van der Waals surface area contributed by atoms with Crippen LogP contribution in [0.15, 0.2) is 12.4 Å². The third-order valence-electron chi connectivity index (χ3n) is 3.07. The first-order valence-corrected chi connectivity index (χ1v) is 6.40. The maximum Gasteiger partial charge on any atom is 0.356 e. The average molecular weight is 249 g/mol. The lowest BCUT2D eigenvalue weighted by atomic mass is 10.1. The molecule has 0 unspecified atom stereocenters. The minimum Gasteiger partial charge on any atom is -0.476 e. The molecule has 0 amide bonds. The highest BCUT2D eigenvalue weighted by Crippen LogP contribution is 2.30. The van der Waals surface area contributed by atoms with E-state index < -0.39 is 5.97 Å². The fourth-order valence-electron chi connectivity index (χ4n) is 1.86. The van der Waals surface area contributed by atoms with E-state index >= 15 is 0 Å². The topological polar surface area (TPSA) is 66.3 Å². The van der Waals surface area contributed by atoms with E-state index in [2.05, 4.69) is 28.7 Å². The Hall–Kier alpha value is -1.65. The maximum absolute atomic E-state index is 10.9. The summed E-state index contributed by atoms with van der Waals surface area (Å²) in [6, 6.07) is 0.516. The van der Waals surface area contributed by atoms with Crippen molar-refractivity contribution in [2.75, 3.05) is 11.4 Å². The van der Waals surface area contributed by atoms with Gasteiger partial charge in [-0.05, 0) is 25.2 Å². The van der Waals surface area contributed by atoms with Gasteiger partial charge in [0.1, 0.15) is 5.82 Å². The summed E-state index contributed by atoms with van der Waals surface area (Å²) < 4.78 is 0. The Labute approximate surface area is 107 Å². The van der Waals surface area contributed by atoms with E-state index in [0.29, 0.717) is 17.8 Å². The van der Waals surface area contributed by atoms with E-state index in [0.717, 1.165) is 25.8 Å². The molecule has 1 aromatic heterocycles. The van der Waals surface area contributed by atoms with Crippen LogP contribution in [0, 0.1) is 5.92 Å². The zero-order valence-electron chi connectivity index (χ0n) is 10.8. The summed E-state index contributed by atoms with van der Waals surface area (Å²) in [6.45, 7) is 5.29. The molecule has 0 saturated heterocycles. The SMILES string of the molecule is CC(C)CCN(c1cncc(C(=O)O)n1)C1CC1. The number of nitrogens with zero attached hydrogens (tertiary/aromatic N) is 3. The molecule has 0 spiro atoms. The Morgan fingerprint density at radius 1 is 1.50 bits per heavy atom. The van der Waals surface area contributed by atoms with E-state index in [9.17, 15) is 4.79 Å². The zero-order valence-corrected chi connectivity index (χ0v) is 10.8. The lowest BCUT2D eigenvalue weighted by molar-refractivity contribution is 0.0690. The second-order valence-corrected chi connectivity index (χ2v) is 5.17. The summed E-state index contributed by atoms with van der Waals surface area (Å²) in [5.74, 6) is 0.295. The number of rotatable bonds is 6. The van der Waals surface area contributed by atoms with Crippen molar-refractivity contribution < 1.29 is 9.90 Å². The van der Waals surface area contributed by atoms with Crippen molar-refractivity contribution >= 4 is 11.8 Å². The molecule has 5 heteroatoms. The lowest BCUT2D eigenvalue weighted by Crippen LogP contribution is -2.29. The summed E-state index contributed by atoms with van der Waals surface area (Å²) in [7, 11) is 0. The van der Waals surface area contributed by atoms with Gasteiger partial charge in [0.2, 0.25) is 0 Å². The first-order valence-electron chi connectivity index (χ1n) is 6.40. The number of carboxylic acids is 1. The first kappa shape index (κ1) is 12.8. The summed E-state index contributed by atoms with van der Waals surface area (Å²) in [5.41, 5.74) is 0.0164. The van der Waals surface area contributed by atoms with Crippen LogP contribution in [0.2, 0.25) is 0 Å². The summed E-state index contributed by atoms with van der Waals surface area (Å²) >= 11 is 0. The van der Waals surface area contributed by atoms with Gasteiger partial charge in [0.05, 0.1) is 12.4 Å². The summed E-state index contributed by atoms with van der Waals surface area (Å²) in [6.07, 6.45) is 6.36. The molecule has 2 rings (SSSR count). The molecular formula is C13H19N3O2. The number of anilines is 1. The fraction of sp³-hybridized carbons (Fsp3) is 0.615. The highest BCUT2D eigenvalue weighted by Gasteiger charge is 2.30. The van der Waals surface area contributed by atoms with Gasteiger partial charge in [-0.25, -0.2) is 9.78 Å². The molecule has 0 radical (unpaired) electrons. The molecule has 18 heavy (non-hydrogen) atoms. The molecule has 1 N–H and O–H groups in total. The van der Waals surface area contributed by atoms with Crippen molar-refractivity contribution in [1.29, 1.82) is 0 Å². The van der Waals surface area contributed by atoms with Crippen LogP contribution in [0.1, 0.15) is 43.6 Å². The van der Waals surface area contributed by atoms with Gasteiger partial charge in [0.15, 0.2) is 5.69 Å². The van der Waals surface area contributed by atoms with Gasteiger partial charge in [-0.1, -0.05) is 13.8 Å². The van der Waals surface area contributed by atoms with Crippen molar-refractivity contribution in [2.24, 2.45) is 5.92 Å². The van der Waals surface area contributed by atoms with Crippen LogP contribution in [0.25, 0.3) is 0 Å². The smallest absolute Gasteiger partial charge is 0.356 e. The molecule has 1 saturated carbocycles. The fourth-order valence-corrected chi connectivity index (χ4v) is 1.86. The summed E-state index contributed by atoms with van der Waals surface area (Å²) in [4.78, 5) is 21.3. The van der Waals surface area contributed by atoms with Crippen molar-refractivity contribution in [3.05, 3.63) is 18.1 Å². The van der Waals surface area contributed by atoms with Gasteiger partial charge in [0.25, 0.3) is 0 Å². The Morgan fingerprint density at radius 2 is 2.22 bits per heavy atom. The van der Waals surface area contributed by atoms with Gasteiger partial charge in [0, 0.05) is 12.6 Å². The van der Waals surface area contributed by atoms with E-state index in [1.807, 2.05) is 0 Å². The van der Waals surface area contributed by atoms with Gasteiger partial charge >= 0.3 is 5.97 Å². The van der Waals surface area contributed by atoms with Crippen LogP contribution in [-0.4, -0.2) is 33.6 Å². The van der Waals surface area contributed by atoms with Gasteiger partial charge in [-0.3, -0.25) is 4.98 Å². The third-order valence-corrected chi connectivity index (χ3v) is 3.07. The highest BCUT2D eigenvalue weighted by atomic mass is 16.4. The maximum atomic E-state index is 10.9. The lowest BCUT2D eigenvalue weighted by Gasteiger charge is -2.24. The van der Waals surface area contributed by atoms with Crippen LogP contribution in [0.4, 0.5) is 5.82 Å². The monoisotopic (exact) mass is 249 g/mol. The molecule has 0 aliphatic heterocycles. The Kier molecular flexibility index (Phi) is 3.79. The Morgan fingerprint density at radius 3 is 2.78 bits per heavy atom. The molecule has 1 heterocycles. The number of carboxylic acid groups (broad SMARTS) is 1. The molecule has 1 fully saturated rings. The predicted octanol–water partition coefficient (Wildman–Crippen LogP) is 2.19. The van der Waals surface area contributed by atoms with Crippen molar-refractivity contribution in [2.45, 2.75) is 39.2 Å². The standard InChI is InChI=1S/C13H19N3O2/c1-9(2)5-6-16(10-3-4-10)12-8-14-7-11(15-12)13(17)18/h7-10H,3-6H2,1-2H3,(H,17,18). The largest absolute Gasteiger partial charge is 0.476 e. The molecule has 1 aliphatic carbocycles. The normalized spacial score (nSPS) is 14.8. The van der Waals surface area contributed by atoms with Crippen molar-refractivity contribution in [1.82, 2.24) is 9.97 Å². The third kappa shape index (κ3) is 3.18. The van der Waals surface area contributed by atoms with Crippen molar-refractivity contribution in [3.63, 3.8) is 0 Å². The van der Waals surface area contributed by atoms with Crippen LogP contribution >= 0.6 is 0 Å². The Balaban J connectivity index is 2.14. The predicted molar refractivity (Wildman–Crippen MR) is 68.8 cm³/mol. The molecule has 1 aromatic rings. The van der Waals surface area contributed by atoms with E-state index in [1.54, 1.807) is 6.20 Å². The Bertz CT molecular complexity index is 430. The zero-order chi connectivity index (χ0) is 13.1. The molecular weight excluding hydrogens is 230 g/mol. The minimum atomic E-state index is -1.02. The van der Waals surface area contributed by atoms with Crippen LogP contribution in [0.3, 0.4) is 0 Å². The van der Waals surface area contributed by atoms with E-state index in [1.165, 1.54) is 6.20 Å².